The monoisotopic (exact) mass is 292 g/mol. The summed E-state index contributed by atoms with van der Waals surface area (Å²) in [7, 11) is 0. The van der Waals surface area contributed by atoms with Gasteiger partial charge in [-0.2, -0.15) is 0 Å². The highest BCUT2D eigenvalue weighted by Gasteiger charge is 2.41. The average molecular weight is 292 g/mol. The molecule has 0 spiro atoms. The van der Waals surface area contributed by atoms with Crippen molar-refractivity contribution in [3.8, 4) is 0 Å². The molecule has 3 rings (SSSR count). The van der Waals surface area contributed by atoms with Crippen molar-refractivity contribution in [3.63, 3.8) is 0 Å². The molecular weight excluding hydrogens is 264 g/mol. The van der Waals surface area contributed by atoms with E-state index in [0.717, 1.165) is 0 Å². The van der Waals surface area contributed by atoms with Crippen molar-refractivity contribution in [2.24, 2.45) is 11.3 Å². The molecule has 0 aliphatic heterocycles. The van der Waals surface area contributed by atoms with Crippen LogP contribution in [0.2, 0.25) is 0 Å². The fraction of sp³-hybridized carbons (Fsp3) is 0.455. The van der Waals surface area contributed by atoms with Crippen molar-refractivity contribution in [2.45, 2.75) is 51.9 Å². The lowest BCUT2D eigenvalue weighted by atomic mass is 9.58. The normalized spacial score (nSPS) is 25.9. The quantitative estimate of drug-likeness (QED) is 0.600. The molecule has 0 heteroatoms. The van der Waals surface area contributed by atoms with Crippen LogP contribution in [0.3, 0.4) is 0 Å². The maximum Gasteiger partial charge on any atom is -0.0123 e. The van der Waals surface area contributed by atoms with Gasteiger partial charge >= 0.3 is 0 Å². The lowest BCUT2D eigenvalue weighted by Gasteiger charge is -2.46. The molecule has 2 unspecified atom stereocenters. The zero-order valence-corrected chi connectivity index (χ0v) is 14.1. The van der Waals surface area contributed by atoms with Crippen molar-refractivity contribution in [2.75, 3.05) is 0 Å². The van der Waals surface area contributed by atoms with Crippen molar-refractivity contribution >= 4 is 0 Å². The fourth-order valence-corrected chi connectivity index (χ4v) is 4.55. The summed E-state index contributed by atoms with van der Waals surface area (Å²) in [6, 6.07) is 22.4. The van der Waals surface area contributed by atoms with E-state index in [1.54, 1.807) is 0 Å². The van der Waals surface area contributed by atoms with Crippen LogP contribution in [0.25, 0.3) is 0 Å². The van der Waals surface area contributed by atoms with Gasteiger partial charge in [0.15, 0.2) is 0 Å². The molecule has 1 saturated carbocycles. The van der Waals surface area contributed by atoms with Gasteiger partial charge in [-0.15, -0.1) is 0 Å². The molecule has 1 fully saturated rings. The largest absolute Gasteiger partial charge is 0.0622 e. The number of benzene rings is 2. The molecule has 0 radical (unpaired) electrons. The van der Waals surface area contributed by atoms with Gasteiger partial charge in [0.1, 0.15) is 0 Å². The third-order valence-corrected chi connectivity index (χ3v) is 5.35. The molecule has 2 atom stereocenters. The molecule has 116 valence electrons. The molecule has 0 N–H and O–H groups in total. The van der Waals surface area contributed by atoms with Crippen LogP contribution in [0.4, 0.5) is 0 Å². The first kappa shape index (κ1) is 15.3. The highest BCUT2D eigenvalue weighted by atomic mass is 14.5. The number of hydrogen-bond donors (Lipinski definition) is 0. The van der Waals surface area contributed by atoms with E-state index in [4.69, 9.17) is 0 Å². The van der Waals surface area contributed by atoms with E-state index in [0.29, 0.717) is 23.2 Å². The molecular formula is C22H28. The molecule has 0 aromatic heterocycles. The Labute approximate surface area is 135 Å². The first-order chi connectivity index (χ1) is 10.6. The van der Waals surface area contributed by atoms with Gasteiger partial charge in [-0.1, -0.05) is 87.9 Å². The molecule has 0 bridgehead atoms. The minimum Gasteiger partial charge on any atom is -0.0622 e. The minimum atomic E-state index is 0.321. The van der Waals surface area contributed by atoms with Gasteiger partial charge in [-0.3, -0.25) is 0 Å². The SMILES string of the molecule is CC(C)(C)C1C(c2ccccc2)CCCC1c1ccccc1. The Balaban J connectivity index is 2.00. The van der Waals surface area contributed by atoms with Gasteiger partial charge in [0.2, 0.25) is 0 Å². The van der Waals surface area contributed by atoms with Crippen molar-refractivity contribution in [3.05, 3.63) is 71.8 Å². The summed E-state index contributed by atoms with van der Waals surface area (Å²) in [5.74, 6) is 2.06. The van der Waals surface area contributed by atoms with Crippen LogP contribution in [0.15, 0.2) is 60.7 Å². The summed E-state index contributed by atoms with van der Waals surface area (Å²) >= 11 is 0. The van der Waals surface area contributed by atoms with Gasteiger partial charge < -0.3 is 0 Å². The maximum atomic E-state index is 2.43. The first-order valence-electron chi connectivity index (χ1n) is 8.67. The van der Waals surface area contributed by atoms with Crippen LogP contribution in [-0.4, -0.2) is 0 Å². The van der Waals surface area contributed by atoms with Crippen molar-refractivity contribution in [1.29, 1.82) is 0 Å². The fourth-order valence-electron chi connectivity index (χ4n) is 4.55. The van der Waals surface area contributed by atoms with Crippen LogP contribution >= 0.6 is 0 Å². The summed E-state index contributed by atoms with van der Waals surface area (Å²) in [5.41, 5.74) is 3.38. The van der Waals surface area contributed by atoms with E-state index in [1.807, 2.05) is 0 Å². The van der Waals surface area contributed by atoms with Crippen LogP contribution in [0, 0.1) is 11.3 Å². The zero-order valence-electron chi connectivity index (χ0n) is 14.1. The first-order valence-corrected chi connectivity index (χ1v) is 8.67. The lowest BCUT2D eigenvalue weighted by Crippen LogP contribution is -2.35. The highest BCUT2D eigenvalue weighted by molar-refractivity contribution is 5.27. The van der Waals surface area contributed by atoms with Crippen LogP contribution in [0.1, 0.15) is 63.0 Å². The predicted molar refractivity (Wildman–Crippen MR) is 95.2 cm³/mol. The summed E-state index contributed by atoms with van der Waals surface area (Å²) in [5, 5.41) is 0. The Kier molecular flexibility index (Phi) is 4.38. The Morgan fingerprint density at radius 2 is 1.09 bits per heavy atom. The molecule has 0 saturated heterocycles. The molecule has 0 nitrogen and oxygen atoms in total. The van der Waals surface area contributed by atoms with Crippen LogP contribution in [-0.2, 0) is 0 Å². The lowest BCUT2D eigenvalue weighted by molar-refractivity contribution is 0.124. The van der Waals surface area contributed by atoms with Gasteiger partial charge in [0.25, 0.3) is 0 Å². The van der Waals surface area contributed by atoms with E-state index < -0.39 is 0 Å². The van der Waals surface area contributed by atoms with Gasteiger partial charge in [-0.25, -0.2) is 0 Å². The molecule has 1 aliphatic carbocycles. The Morgan fingerprint density at radius 3 is 1.45 bits per heavy atom. The second-order valence-corrected chi connectivity index (χ2v) is 7.86. The summed E-state index contributed by atoms with van der Waals surface area (Å²) < 4.78 is 0. The summed E-state index contributed by atoms with van der Waals surface area (Å²) in [4.78, 5) is 0. The van der Waals surface area contributed by atoms with Gasteiger partial charge in [0, 0.05) is 0 Å². The second-order valence-electron chi connectivity index (χ2n) is 7.86. The van der Waals surface area contributed by atoms with Crippen LogP contribution < -0.4 is 0 Å². The molecule has 22 heavy (non-hydrogen) atoms. The predicted octanol–water partition coefficient (Wildman–Crippen LogP) is 6.40. The standard InChI is InChI=1S/C22H28/c1-22(2,3)21-19(17-11-6-4-7-12-17)15-10-16-20(21)18-13-8-5-9-14-18/h4-9,11-14,19-21H,10,15-16H2,1-3H3. The molecule has 2 aromatic rings. The third kappa shape index (κ3) is 3.11. The zero-order chi connectivity index (χ0) is 15.6. The van der Waals surface area contributed by atoms with Gasteiger partial charge in [0.05, 0.1) is 0 Å². The van der Waals surface area contributed by atoms with E-state index in [-0.39, 0.29) is 0 Å². The van der Waals surface area contributed by atoms with Crippen LogP contribution in [0.5, 0.6) is 0 Å². The van der Waals surface area contributed by atoms with E-state index >= 15 is 0 Å². The smallest absolute Gasteiger partial charge is 0.0123 e. The molecule has 0 heterocycles. The van der Waals surface area contributed by atoms with Crippen molar-refractivity contribution in [1.82, 2.24) is 0 Å². The molecule has 0 amide bonds. The molecule has 1 aliphatic rings. The van der Waals surface area contributed by atoms with E-state index in [9.17, 15) is 0 Å². The second kappa shape index (κ2) is 6.28. The minimum absolute atomic E-state index is 0.321. The summed E-state index contributed by atoms with van der Waals surface area (Å²) in [6.45, 7) is 7.28. The molecule has 2 aromatic carbocycles. The number of rotatable bonds is 2. The maximum absolute atomic E-state index is 2.43. The topological polar surface area (TPSA) is 0 Å². The Morgan fingerprint density at radius 1 is 0.682 bits per heavy atom. The van der Waals surface area contributed by atoms with Crippen molar-refractivity contribution < 1.29 is 0 Å². The summed E-state index contributed by atoms with van der Waals surface area (Å²) in [6.07, 6.45) is 4.00. The average Bonchev–Trinajstić information content (AvgIpc) is 2.55. The number of hydrogen-bond acceptors (Lipinski definition) is 0. The van der Waals surface area contributed by atoms with E-state index in [1.165, 1.54) is 30.4 Å². The Bertz CT molecular complexity index is 529. The Hall–Kier alpha value is -1.56. The van der Waals surface area contributed by atoms with E-state index in [2.05, 4.69) is 81.4 Å². The van der Waals surface area contributed by atoms with Gasteiger partial charge in [-0.05, 0) is 47.1 Å². The highest BCUT2D eigenvalue weighted by Crippen LogP contribution is 2.53. The third-order valence-electron chi connectivity index (χ3n) is 5.35.